The van der Waals surface area contributed by atoms with Gasteiger partial charge < -0.3 is 4.74 Å². The number of sulfonamides is 1. The number of ether oxygens (including phenoxy) is 1. The van der Waals surface area contributed by atoms with Gasteiger partial charge in [-0.1, -0.05) is 43.5 Å². The van der Waals surface area contributed by atoms with Crippen LogP contribution in [0.4, 0.5) is 0 Å². The molecule has 0 bridgehead atoms. The Balaban J connectivity index is 2.92. The van der Waals surface area contributed by atoms with Gasteiger partial charge in [-0.25, -0.2) is 13.2 Å². The Morgan fingerprint density at radius 3 is 2.41 bits per heavy atom. The number of allylic oxidation sites excluding steroid dienone is 1. The maximum Gasteiger partial charge on any atom is 0.354 e. The molecule has 5 nitrogen and oxygen atoms in total. The Morgan fingerprint density at radius 1 is 1.23 bits per heavy atom. The molecule has 0 fully saturated rings. The van der Waals surface area contributed by atoms with Crippen LogP contribution >= 0.6 is 0 Å². The van der Waals surface area contributed by atoms with E-state index in [0.717, 1.165) is 24.8 Å². The average molecular weight is 325 g/mol. The number of benzene rings is 1. The van der Waals surface area contributed by atoms with E-state index in [0.29, 0.717) is 6.42 Å². The first kappa shape index (κ1) is 18.2. The zero-order chi connectivity index (χ0) is 16.6. The third-order valence-electron chi connectivity index (χ3n) is 3.14. The van der Waals surface area contributed by atoms with E-state index in [9.17, 15) is 13.2 Å². The highest BCUT2D eigenvalue weighted by Gasteiger charge is 2.19. The predicted octanol–water partition coefficient (Wildman–Crippen LogP) is 2.91. The van der Waals surface area contributed by atoms with Gasteiger partial charge in [-0.2, -0.15) is 0 Å². The lowest BCUT2D eigenvalue weighted by atomic mass is 10.2. The van der Waals surface area contributed by atoms with E-state index in [4.69, 9.17) is 0 Å². The minimum Gasteiger partial charge on any atom is -0.464 e. The zero-order valence-corrected chi connectivity index (χ0v) is 14.1. The summed E-state index contributed by atoms with van der Waals surface area (Å²) in [6, 6.07) is 6.42. The maximum absolute atomic E-state index is 12.3. The monoisotopic (exact) mass is 325 g/mol. The fourth-order valence-corrected chi connectivity index (χ4v) is 2.91. The lowest BCUT2D eigenvalue weighted by molar-refractivity contribution is -0.136. The molecule has 122 valence electrons. The molecule has 0 spiro atoms. The van der Waals surface area contributed by atoms with Crippen LogP contribution in [0.15, 0.2) is 40.9 Å². The summed E-state index contributed by atoms with van der Waals surface area (Å²) in [5.41, 5.74) is 0.918. The Labute approximate surface area is 132 Å². The van der Waals surface area contributed by atoms with Crippen molar-refractivity contribution in [2.75, 3.05) is 7.11 Å². The van der Waals surface area contributed by atoms with Crippen molar-refractivity contribution in [3.8, 4) is 0 Å². The van der Waals surface area contributed by atoms with Crippen molar-refractivity contribution in [3.63, 3.8) is 0 Å². The van der Waals surface area contributed by atoms with E-state index in [1.54, 1.807) is 18.2 Å². The average Bonchev–Trinajstić information content (AvgIpc) is 2.50. The Kier molecular flexibility index (Phi) is 7.11. The van der Waals surface area contributed by atoms with Gasteiger partial charge in [0.1, 0.15) is 5.70 Å². The van der Waals surface area contributed by atoms with Gasteiger partial charge in [0.15, 0.2) is 0 Å². The van der Waals surface area contributed by atoms with Gasteiger partial charge in [0, 0.05) is 0 Å². The third-order valence-corrected chi connectivity index (χ3v) is 4.52. The molecule has 1 aromatic carbocycles. The van der Waals surface area contributed by atoms with Crippen LogP contribution in [0.5, 0.6) is 0 Å². The van der Waals surface area contributed by atoms with Gasteiger partial charge >= 0.3 is 5.97 Å². The summed E-state index contributed by atoms with van der Waals surface area (Å²) in [6.45, 7) is 3.95. The molecule has 0 atom stereocenters. The van der Waals surface area contributed by atoms with E-state index in [2.05, 4.69) is 16.4 Å². The normalized spacial score (nSPS) is 12.0. The summed E-state index contributed by atoms with van der Waals surface area (Å²) in [7, 11) is -2.57. The molecule has 0 aliphatic carbocycles. The Bertz CT molecular complexity index is 618. The molecule has 1 aromatic rings. The molecule has 0 amide bonds. The van der Waals surface area contributed by atoms with E-state index in [-0.39, 0.29) is 10.6 Å². The number of hydrogen-bond donors (Lipinski definition) is 1. The van der Waals surface area contributed by atoms with Crippen LogP contribution in [0, 0.1) is 6.92 Å². The van der Waals surface area contributed by atoms with Crippen molar-refractivity contribution >= 4 is 16.0 Å². The third kappa shape index (κ3) is 5.52. The minimum absolute atomic E-state index is 0.0424. The molecule has 0 aromatic heterocycles. The molecule has 0 unspecified atom stereocenters. The van der Waals surface area contributed by atoms with Gasteiger partial charge in [0.05, 0.1) is 12.0 Å². The molecular weight excluding hydrogens is 302 g/mol. The number of carbonyl (C=O) groups is 1. The molecule has 0 aliphatic heterocycles. The van der Waals surface area contributed by atoms with E-state index in [1.807, 2.05) is 6.92 Å². The van der Waals surface area contributed by atoms with Crippen molar-refractivity contribution in [1.29, 1.82) is 0 Å². The highest BCUT2D eigenvalue weighted by Crippen LogP contribution is 2.12. The van der Waals surface area contributed by atoms with Crippen LogP contribution in [0.2, 0.25) is 0 Å². The molecule has 1 N–H and O–H groups in total. The Hall–Kier alpha value is -1.82. The highest BCUT2D eigenvalue weighted by molar-refractivity contribution is 7.89. The summed E-state index contributed by atoms with van der Waals surface area (Å²) in [6.07, 6.45) is 5.16. The lowest BCUT2D eigenvalue weighted by Gasteiger charge is -2.10. The van der Waals surface area contributed by atoms with Gasteiger partial charge in [-0.15, -0.1) is 0 Å². The number of rotatable bonds is 8. The number of hydrogen-bond acceptors (Lipinski definition) is 4. The highest BCUT2D eigenvalue weighted by atomic mass is 32.2. The molecule has 0 aliphatic rings. The molecule has 1 rings (SSSR count). The van der Waals surface area contributed by atoms with Crippen LogP contribution in [0.25, 0.3) is 0 Å². The number of methoxy groups -OCH3 is 1. The van der Waals surface area contributed by atoms with Crippen LogP contribution in [0.1, 0.15) is 38.2 Å². The minimum atomic E-state index is -3.79. The summed E-state index contributed by atoms with van der Waals surface area (Å²) in [5, 5.41) is 0. The zero-order valence-electron chi connectivity index (χ0n) is 13.3. The number of nitrogens with one attached hydrogen (secondary N) is 1. The van der Waals surface area contributed by atoms with E-state index >= 15 is 0 Å². The number of carbonyl (C=O) groups excluding carboxylic acids is 1. The van der Waals surface area contributed by atoms with Crippen molar-refractivity contribution in [3.05, 3.63) is 41.6 Å². The van der Waals surface area contributed by atoms with Crippen LogP contribution in [0.3, 0.4) is 0 Å². The SMILES string of the molecule is CCCCC/C=C(\NS(=O)(=O)c1ccc(C)cc1)C(=O)OC. The van der Waals surface area contributed by atoms with Gasteiger partial charge in [0.2, 0.25) is 0 Å². The molecule has 22 heavy (non-hydrogen) atoms. The lowest BCUT2D eigenvalue weighted by Crippen LogP contribution is -2.28. The largest absolute Gasteiger partial charge is 0.464 e. The molecule has 6 heteroatoms. The molecule has 0 saturated carbocycles. The topological polar surface area (TPSA) is 72.5 Å². The first-order chi connectivity index (χ1) is 10.4. The van der Waals surface area contributed by atoms with Crippen molar-refractivity contribution in [2.24, 2.45) is 0 Å². The quantitative estimate of drug-likeness (QED) is 0.453. The smallest absolute Gasteiger partial charge is 0.354 e. The Morgan fingerprint density at radius 2 is 1.86 bits per heavy atom. The predicted molar refractivity (Wildman–Crippen MR) is 85.7 cm³/mol. The summed E-state index contributed by atoms with van der Waals surface area (Å²) >= 11 is 0. The first-order valence-corrected chi connectivity index (χ1v) is 8.77. The van der Waals surface area contributed by atoms with Crippen molar-refractivity contribution in [2.45, 2.75) is 44.4 Å². The second-order valence-corrected chi connectivity index (χ2v) is 6.71. The summed E-state index contributed by atoms with van der Waals surface area (Å²) in [4.78, 5) is 11.8. The summed E-state index contributed by atoms with van der Waals surface area (Å²) in [5.74, 6) is -0.688. The van der Waals surface area contributed by atoms with Gasteiger partial charge in [-0.3, -0.25) is 4.72 Å². The standard InChI is InChI=1S/C16H23NO4S/c1-4-5-6-7-8-15(16(18)21-3)17-22(19,20)14-11-9-13(2)10-12-14/h8-12,17H,4-7H2,1-3H3/b15-8-. The second kappa shape index (κ2) is 8.58. The fraction of sp³-hybridized carbons (Fsp3) is 0.438. The van der Waals surface area contributed by atoms with Crippen LogP contribution in [-0.2, 0) is 19.6 Å². The fourth-order valence-electron chi connectivity index (χ4n) is 1.84. The number of unbranched alkanes of at least 4 members (excludes halogenated alkanes) is 3. The van der Waals surface area contributed by atoms with Gasteiger partial charge in [0.25, 0.3) is 10.0 Å². The van der Waals surface area contributed by atoms with Crippen molar-refractivity contribution < 1.29 is 17.9 Å². The van der Waals surface area contributed by atoms with E-state index in [1.165, 1.54) is 19.2 Å². The molecule has 0 radical (unpaired) electrons. The molecule has 0 saturated heterocycles. The van der Waals surface area contributed by atoms with Crippen molar-refractivity contribution in [1.82, 2.24) is 4.72 Å². The maximum atomic E-state index is 12.3. The van der Waals surface area contributed by atoms with Crippen LogP contribution < -0.4 is 4.72 Å². The number of aryl methyl sites for hydroxylation is 1. The van der Waals surface area contributed by atoms with E-state index < -0.39 is 16.0 Å². The first-order valence-electron chi connectivity index (χ1n) is 7.28. The number of esters is 1. The van der Waals surface area contributed by atoms with Crippen LogP contribution in [-0.4, -0.2) is 21.5 Å². The molecule has 0 heterocycles. The van der Waals surface area contributed by atoms with Gasteiger partial charge in [-0.05, 0) is 31.9 Å². The summed E-state index contributed by atoms with van der Waals surface area (Å²) < 4.78 is 31.6. The second-order valence-electron chi connectivity index (χ2n) is 5.02. The molecular formula is C16H23NO4S.